The van der Waals surface area contributed by atoms with Crippen molar-refractivity contribution in [2.75, 3.05) is 11.9 Å². The van der Waals surface area contributed by atoms with Crippen LogP contribution in [0.25, 0.3) is 16.8 Å². The van der Waals surface area contributed by atoms with Gasteiger partial charge < -0.3 is 15.0 Å². The van der Waals surface area contributed by atoms with E-state index in [2.05, 4.69) is 21.2 Å². The molecule has 0 unspecified atom stereocenters. The Hall–Kier alpha value is -3.82. The largest absolute Gasteiger partial charge is 0.339 e. The summed E-state index contributed by atoms with van der Waals surface area (Å²) in [5, 5.41) is 7.71. The molecule has 3 heterocycles. The van der Waals surface area contributed by atoms with Crippen LogP contribution in [0.2, 0.25) is 0 Å². The second kappa shape index (κ2) is 9.81. The van der Waals surface area contributed by atoms with E-state index in [1.54, 1.807) is 28.6 Å². The molecule has 2 atom stereocenters. The molecule has 2 amide bonds. The third-order valence-corrected chi connectivity index (χ3v) is 7.43. The van der Waals surface area contributed by atoms with Gasteiger partial charge in [-0.25, -0.2) is 9.07 Å². The number of nitrogens with zero attached hydrogens (tertiary/aromatic N) is 3. The highest BCUT2D eigenvalue weighted by Gasteiger charge is 2.41. The molecule has 1 saturated heterocycles. The molecule has 0 saturated carbocycles. The number of carbonyl (C=O) groups is 2. The van der Waals surface area contributed by atoms with Crippen LogP contribution in [0.4, 0.5) is 10.1 Å². The maximum Gasteiger partial charge on any atom is 0.253 e. The van der Waals surface area contributed by atoms with E-state index in [4.69, 9.17) is 9.84 Å². The van der Waals surface area contributed by atoms with Gasteiger partial charge in [0.15, 0.2) is 6.23 Å². The van der Waals surface area contributed by atoms with Gasteiger partial charge in [0.05, 0.1) is 12.1 Å². The van der Waals surface area contributed by atoms with E-state index in [0.29, 0.717) is 25.1 Å². The Bertz CT molecular complexity index is 1530. The number of hydrogen-bond acceptors (Lipinski definition) is 4. The average Bonchev–Trinajstić information content (AvgIpc) is 3.58. The zero-order valence-corrected chi connectivity index (χ0v) is 22.1. The number of benzene rings is 3. The Labute approximate surface area is 227 Å². The van der Waals surface area contributed by atoms with E-state index in [0.717, 1.165) is 38.1 Å². The first-order chi connectivity index (χ1) is 18.4. The van der Waals surface area contributed by atoms with Crippen molar-refractivity contribution in [2.45, 2.75) is 32.1 Å². The minimum absolute atomic E-state index is 0.0103. The summed E-state index contributed by atoms with van der Waals surface area (Å²) in [6, 6.07) is 19.8. The van der Waals surface area contributed by atoms with E-state index in [-0.39, 0.29) is 17.6 Å². The third kappa shape index (κ3) is 4.63. The molecular formula is C29H24BrFN4O3. The van der Waals surface area contributed by atoms with Crippen molar-refractivity contribution in [2.24, 2.45) is 0 Å². The summed E-state index contributed by atoms with van der Waals surface area (Å²) >= 11 is 3.46. The van der Waals surface area contributed by atoms with Crippen molar-refractivity contribution in [3.63, 3.8) is 0 Å². The Kier molecular flexibility index (Phi) is 6.33. The summed E-state index contributed by atoms with van der Waals surface area (Å²) in [5.41, 5.74) is 5.80. The molecule has 38 heavy (non-hydrogen) atoms. The number of fused-ring (bicyclic) bond motifs is 1. The highest BCUT2D eigenvalue weighted by atomic mass is 79.9. The molecule has 0 aliphatic carbocycles. The van der Waals surface area contributed by atoms with E-state index in [1.165, 1.54) is 12.1 Å². The number of aromatic nitrogens is 2. The van der Waals surface area contributed by atoms with E-state index in [9.17, 15) is 14.0 Å². The predicted octanol–water partition coefficient (Wildman–Crippen LogP) is 5.42. The maximum atomic E-state index is 13.7. The zero-order valence-electron chi connectivity index (χ0n) is 20.5. The summed E-state index contributed by atoms with van der Waals surface area (Å²) < 4.78 is 22.6. The first kappa shape index (κ1) is 24.5. The number of anilines is 1. The quantitative estimate of drug-likeness (QED) is 0.333. The predicted molar refractivity (Wildman–Crippen MR) is 144 cm³/mol. The van der Waals surface area contributed by atoms with Gasteiger partial charge in [-0.05, 0) is 72.5 Å². The second-order valence-electron chi connectivity index (χ2n) is 9.48. The molecule has 1 aromatic heterocycles. The summed E-state index contributed by atoms with van der Waals surface area (Å²) in [5.74, 6) is -0.454. The van der Waals surface area contributed by atoms with E-state index >= 15 is 0 Å². The molecule has 6 rings (SSSR count). The van der Waals surface area contributed by atoms with Crippen LogP contribution in [-0.2, 0) is 27.2 Å². The Balaban J connectivity index is 1.34. The molecule has 1 N–H and O–H groups in total. The van der Waals surface area contributed by atoms with Gasteiger partial charge in [0.1, 0.15) is 17.6 Å². The molecule has 2 aliphatic rings. The van der Waals surface area contributed by atoms with Crippen molar-refractivity contribution >= 4 is 33.4 Å². The van der Waals surface area contributed by atoms with Crippen LogP contribution < -0.4 is 5.32 Å². The van der Waals surface area contributed by atoms with Crippen molar-refractivity contribution in [1.82, 2.24) is 14.7 Å². The first-order valence-electron chi connectivity index (χ1n) is 12.3. The molecule has 4 aromatic rings. The van der Waals surface area contributed by atoms with E-state index < -0.39 is 12.3 Å². The number of halogens is 2. The number of nitrogens with one attached hydrogen (secondary N) is 1. The number of amides is 2. The lowest BCUT2D eigenvalue weighted by Gasteiger charge is -2.23. The van der Waals surface area contributed by atoms with Crippen LogP contribution in [0.15, 0.2) is 77.4 Å². The minimum atomic E-state index is -0.702. The smallest absolute Gasteiger partial charge is 0.253 e. The molecule has 3 aromatic carbocycles. The summed E-state index contributed by atoms with van der Waals surface area (Å²) in [6.45, 7) is 2.16. The lowest BCUT2D eigenvalue weighted by atomic mass is 10.0. The highest BCUT2D eigenvalue weighted by molar-refractivity contribution is 9.10. The molecule has 0 spiro atoms. The SMILES string of the molecule is C[C@H]1O[C@H](c2nn(-c3ccc(Br)cc3)cc2-c2ccc(F)cc2)N(CCc2ccc3c(c2)CC(=O)N3)C1=O. The molecular weight excluding hydrogens is 551 g/mol. The minimum Gasteiger partial charge on any atom is -0.339 e. The Morgan fingerprint density at radius 1 is 1.08 bits per heavy atom. The van der Waals surface area contributed by atoms with Crippen molar-refractivity contribution < 1.29 is 18.7 Å². The molecule has 7 nitrogen and oxygen atoms in total. The van der Waals surface area contributed by atoms with Crippen LogP contribution in [0.5, 0.6) is 0 Å². The monoisotopic (exact) mass is 574 g/mol. The Morgan fingerprint density at radius 3 is 2.61 bits per heavy atom. The van der Waals surface area contributed by atoms with Gasteiger partial charge in [0.25, 0.3) is 5.91 Å². The molecule has 0 bridgehead atoms. The van der Waals surface area contributed by atoms with Gasteiger partial charge in [0.2, 0.25) is 5.91 Å². The molecule has 192 valence electrons. The zero-order chi connectivity index (χ0) is 26.4. The van der Waals surface area contributed by atoms with Crippen molar-refractivity contribution in [3.8, 4) is 16.8 Å². The summed E-state index contributed by atoms with van der Waals surface area (Å²) in [4.78, 5) is 26.6. The standard InChI is InChI=1S/C29H24BrFN4O3/c1-17-28(37)34(13-12-18-2-11-25-20(14-18)15-26(36)32-25)29(38-17)27-24(19-3-7-22(31)8-4-19)16-35(33-27)23-9-5-21(30)6-10-23/h2-11,14,16-17,29H,12-13,15H2,1H3,(H,32,36)/t17-,29-/m1/s1. The lowest BCUT2D eigenvalue weighted by molar-refractivity contribution is -0.130. The molecule has 1 fully saturated rings. The van der Waals surface area contributed by atoms with Gasteiger partial charge in [-0.2, -0.15) is 5.10 Å². The lowest BCUT2D eigenvalue weighted by Crippen LogP contribution is -2.32. The number of rotatable bonds is 6. The van der Waals surface area contributed by atoms with Crippen molar-refractivity contribution in [1.29, 1.82) is 0 Å². The normalized spacial score (nSPS) is 18.7. The van der Waals surface area contributed by atoms with E-state index in [1.807, 2.05) is 48.7 Å². The average molecular weight is 575 g/mol. The second-order valence-corrected chi connectivity index (χ2v) is 10.4. The molecule has 0 radical (unpaired) electrons. The summed E-state index contributed by atoms with van der Waals surface area (Å²) in [6.07, 6.45) is 1.51. The molecule has 9 heteroatoms. The highest BCUT2D eigenvalue weighted by Crippen LogP contribution is 2.37. The van der Waals surface area contributed by atoms with Crippen LogP contribution >= 0.6 is 15.9 Å². The van der Waals surface area contributed by atoms with Crippen LogP contribution in [0, 0.1) is 5.82 Å². The third-order valence-electron chi connectivity index (χ3n) is 6.91. The van der Waals surface area contributed by atoms with Gasteiger partial charge in [-0.1, -0.05) is 40.2 Å². The fourth-order valence-electron chi connectivity index (χ4n) is 4.95. The van der Waals surface area contributed by atoms with Gasteiger partial charge in [0, 0.05) is 28.5 Å². The maximum absolute atomic E-state index is 13.7. The number of carbonyl (C=O) groups excluding carboxylic acids is 2. The van der Waals surface area contributed by atoms with Crippen LogP contribution in [0.1, 0.15) is 30.0 Å². The number of hydrogen-bond donors (Lipinski definition) is 1. The fraction of sp³-hybridized carbons (Fsp3) is 0.207. The fourth-order valence-corrected chi connectivity index (χ4v) is 5.21. The summed E-state index contributed by atoms with van der Waals surface area (Å²) in [7, 11) is 0. The van der Waals surface area contributed by atoms with Crippen LogP contribution in [0.3, 0.4) is 0 Å². The van der Waals surface area contributed by atoms with Crippen LogP contribution in [-0.4, -0.2) is 39.1 Å². The Morgan fingerprint density at radius 2 is 1.84 bits per heavy atom. The van der Waals surface area contributed by atoms with Crippen molar-refractivity contribution in [3.05, 3.63) is 100 Å². The number of ether oxygens (including phenoxy) is 1. The molecule has 2 aliphatic heterocycles. The topological polar surface area (TPSA) is 76.5 Å². The van der Waals surface area contributed by atoms with Gasteiger partial charge >= 0.3 is 0 Å². The van der Waals surface area contributed by atoms with Gasteiger partial charge in [-0.3, -0.25) is 9.59 Å². The first-order valence-corrected chi connectivity index (χ1v) is 13.1. The van der Waals surface area contributed by atoms with Gasteiger partial charge in [-0.15, -0.1) is 0 Å².